The predicted octanol–water partition coefficient (Wildman–Crippen LogP) is 4.16. The van der Waals surface area contributed by atoms with Gasteiger partial charge in [-0.25, -0.2) is 9.97 Å². The molecule has 1 heterocycles. The largest absolute Gasteiger partial charge is 0.348 e. The van der Waals surface area contributed by atoms with Crippen LogP contribution < -0.4 is 10.6 Å². The van der Waals surface area contributed by atoms with Gasteiger partial charge in [0.1, 0.15) is 11.5 Å². The molecular weight excluding hydrogens is 324 g/mol. The lowest BCUT2D eigenvalue weighted by Crippen LogP contribution is -2.33. The molecule has 2 N–H and O–H groups in total. The van der Waals surface area contributed by atoms with Crippen LogP contribution in [0.25, 0.3) is 0 Å². The van der Waals surface area contributed by atoms with Gasteiger partial charge < -0.3 is 10.6 Å². The Morgan fingerprint density at radius 2 is 1.92 bits per heavy atom. The first kappa shape index (κ1) is 16.7. The zero-order valence-corrected chi connectivity index (χ0v) is 14.7. The van der Waals surface area contributed by atoms with E-state index in [1.165, 1.54) is 19.0 Å². The molecule has 0 atom stereocenters. The number of nitrogens with one attached hydrogen (secondary N) is 2. The van der Waals surface area contributed by atoms with Crippen LogP contribution in [-0.2, 0) is 0 Å². The number of aromatic nitrogens is 2. The van der Waals surface area contributed by atoms with Crippen molar-refractivity contribution in [1.82, 2.24) is 15.3 Å². The summed E-state index contributed by atoms with van der Waals surface area (Å²) in [6.45, 7) is 3.98. The van der Waals surface area contributed by atoms with Crippen LogP contribution in [0.1, 0.15) is 47.3 Å². The van der Waals surface area contributed by atoms with Gasteiger partial charge in [-0.2, -0.15) is 0 Å². The Hall–Kier alpha value is -2.14. The average molecular weight is 345 g/mol. The second kappa shape index (κ2) is 7.18. The highest BCUT2D eigenvalue weighted by Crippen LogP contribution is 2.29. The number of nitrogens with zero attached hydrogens (tertiary/aromatic N) is 2. The highest BCUT2D eigenvalue weighted by atomic mass is 35.5. The number of anilines is 2. The van der Waals surface area contributed by atoms with E-state index in [1.807, 2.05) is 26.0 Å². The Labute approximate surface area is 146 Å². The van der Waals surface area contributed by atoms with E-state index in [2.05, 4.69) is 20.6 Å². The Morgan fingerprint density at radius 3 is 2.54 bits per heavy atom. The van der Waals surface area contributed by atoms with Crippen molar-refractivity contribution >= 4 is 29.0 Å². The zero-order chi connectivity index (χ0) is 17.1. The maximum Gasteiger partial charge on any atom is 0.271 e. The highest BCUT2D eigenvalue weighted by Gasteiger charge is 2.18. The maximum atomic E-state index is 12.2. The molecule has 1 aromatic heterocycles. The minimum absolute atomic E-state index is 0.162. The van der Waals surface area contributed by atoms with Crippen LogP contribution in [0.5, 0.6) is 0 Å². The van der Waals surface area contributed by atoms with Crippen molar-refractivity contribution in [2.75, 3.05) is 5.32 Å². The molecule has 0 saturated heterocycles. The summed E-state index contributed by atoms with van der Waals surface area (Å²) in [7, 11) is 0. The highest BCUT2D eigenvalue weighted by molar-refractivity contribution is 6.33. The molecule has 0 aliphatic heterocycles. The molecule has 1 aliphatic rings. The van der Waals surface area contributed by atoms with E-state index in [-0.39, 0.29) is 11.9 Å². The van der Waals surface area contributed by atoms with Crippen molar-refractivity contribution in [2.24, 2.45) is 0 Å². The number of hydrogen-bond donors (Lipinski definition) is 2. The van der Waals surface area contributed by atoms with Crippen molar-refractivity contribution in [1.29, 1.82) is 0 Å². The van der Waals surface area contributed by atoms with Crippen molar-refractivity contribution in [2.45, 2.75) is 45.6 Å². The Bertz CT molecular complexity index is 716. The number of carbonyl (C=O) groups excluding carboxylic acids is 1. The minimum atomic E-state index is -0.162. The lowest BCUT2D eigenvalue weighted by molar-refractivity contribution is 0.0932. The van der Waals surface area contributed by atoms with Crippen molar-refractivity contribution < 1.29 is 4.79 Å². The summed E-state index contributed by atoms with van der Waals surface area (Å²) in [6, 6.07) is 4.21. The number of hydrogen-bond acceptors (Lipinski definition) is 4. The monoisotopic (exact) mass is 344 g/mol. The van der Waals surface area contributed by atoms with Gasteiger partial charge in [0, 0.05) is 6.04 Å². The van der Waals surface area contributed by atoms with Crippen LogP contribution in [0.15, 0.2) is 24.5 Å². The molecule has 1 aromatic carbocycles. The second-order valence-electron chi connectivity index (χ2n) is 6.31. The Kier molecular flexibility index (Phi) is 5.00. The molecule has 2 aromatic rings. The zero-order valence-electron chi connectivity index (χ0n) is 13.9. The van der Waals surface area contributed by atoms with Gasteiger partial charge in [-0.05, 0) is 43.9 Å². The lowest BCUT2D eigenvalue weighted by atomic mass is 10.1. The molecule has 24 heavy (non-hydrogen) atoms. The molecular formula is C18H21ClN4O. The molecule has 0 radical (unpaired) electrons. The van der Waals surface area contributed by atoms with Crippen molar-refractivity contribution in [3.63, 3.8) is 0 Å². The normalized spacial score (nSPS) is 14.6. The molecule has 3 rings (SSSR count). The summed E-state index contributed by atoms with van der Waals surface area (Å²) in [6.07, 6.45) is 7.49. The van der Waals surface area contributed by atoms with Crippen molar-refractivity contribution in [3.8, 4) is 0 Å². The quantitative estimate of drug-likeness (QED) is 0.873. The van der Waals surface area contributed by atoms with Gasteiger partial charge in [-0.15, -0.1) is 0 Å². The third kappa shape index (κ3) is 3.85. The van der Waals surface area contributed by atoms with Crippen LogP contribution in [0.3, 0.4) is 0 Å². The van der Waals surface area contributed by atoms with Crippen LogP contribution >= 0.6 is 11.6 Å². The number of halogens is 1. The molecule has 0 unspecified atom stereocenters. The fourth-order valence-corrected chi connectivity index (χ4v) is 3.41. The van der Waals surface area contributed by atoms with Gasteiger partial charge >= 0.3 is 0 Å². The van der Waals surface area contributed by atoms with E-state index in [0.717, 1.165) is 29.7 Å². The molecule has 0 spiro atoms. The van der Waals surface area contributed by atoms with Gasteiger partial charge in [0.25, 0.3) is 5.91 Å². The van der Waals surface area contributed by atoms with Crippen LogP contribution in [0, 0.1) is 13.8 Å². The number of amides is 1. The molecule has 126 valence electrons. The number of rotatable bonds is 4. The van der Waals surface area contributed by atoms with E-state index < -0.39 is 0 Å². The number of aryl methyl sites for hydroxylation is 2. The van der Waals surface area contributed by atoms with E-state index >= 15 is 0 Å². The summed E-state index contributed by atoms with van der Waals surface area (Å²) < 4.78 is 0. The Balaban J connectivity index is 1.69. The summed E-state index contributed by atoms with van der Waals surface area (Å²) in [5.41, 5.74) is 3.27. The second-order valence-corrected chi connectivity index (χ2v) is 6.71. The van der Waals surface area contributed by atoms with Gasteiger partial charge in [0.05, 0.1) is 23.1 Å². The first-order chi connectivity index (χ1) is 11.5. The lowest BCUT2D eigenvalue weighted by Gasteiger charge is -2.13. The van der Waals surface area contributed by atoms with Gasteiger partial charge in [-0.1, -0.05) is 30.5 Å². The van der Waals surface area contributed by atoms with Crippen LogP contribution in [-0.4, -0.2) is 21.9 Å². The number of benzene rings is 1. The van der Waals surface area contributed by atoms with Crippen molar-refractivity contribution in [3.05, 3.63) is 46.4 Å². The molecule has 1 fully saturated rings. The standard InChI is InChI=1S/C18H21ClN4O/c1-11-7-12(2)17(14(19)8-11)23-16-10-20-15(9-21-16)18(24)22-13-5-3-4-6-13/h7-10,13H,3-6H2,1-2H3,(H,21,23)(H,22,24). The van der Waals surface area contributed by atoms with Crippen LogP contribution in [0.2, 0.25) is 5.02 Å². The van der Waals surface area contributed by atoms with E-state index in [9.17, 15) is 4.79 Å². The van der Waals surface area contributed by atoms with E-state index in [4.69, 9.17) is 11.6 Å². The van der Waals surface area contributed by atoms with Gasteiger partial charge in [-0.3, -0.25) is 4.79 Å². The molecule has 0 bridgehead atoms. The summed E-state index contributed by atoms with van der Waals surface area (Å²) >= 11 is 6.29. The first-order valence-corrected chi connectivity index (χ1v) is 8.57. The molecule has 1 saturated carbocycles. The average Bonchev–Trinajstić information content (AvgIpc) is 3.04. The molecule has 1 aliphatic carbocycles. The summed E-state index contributed by atoms with van der Waals surface area (Å²) in [5.74, 6) is 0.395. The SMILES string of the molecule is Cc1cc(C)c(Nc2cnc(C(=O)NC3CCCC3)cn2)c(Cl)c1. The first-order valence-electron chi connectivity index (χ1n) is 8.19. The van der Waals surface area contributed by atoms with Crippen LogP contribution in [0.4, 0.5) is 11.5 Å². The predicted molar refractivity (Wildman–Crippen MR) is 96.0 cm³/mol. The Morgan fingerprint density at radius 1 is 1.17 bits per heavy atom. The smallest absolute Gasteiger partial charge is 0.271 e. The molecule has 1 amide bonds. The maximum absolute atomic E-state index is 12.2. The third-order valence-corrected chi connectivity index (χ3v) is 4.56. The van der Waals surface area contributed by atoms with Gasteiger partial charge in [0.2, 0.25) is 0 Å². The fraction of sp³-hybridized carbons (Fsp3) is 0.389. The van der Waals surface area contributed by atoms with Gasteiger partial charge in [0.15, 0.2) is 0 Å². The van der Waals surface area contributed by atoms with E-state index in [0.29, 0.717) is 16.5 Å². The minimum Gasteiger partial charge on any atom is -0.348 e. The topological polar surface area (TPSA) is 66.9 Å². The summed E-state index contributed by atoms with van der Waals surface area (Å²) in [4.78, 5) is 20.7. The third-order valence-electron chi connectivity index (χ3n) is 4.26. The van der Waals surface area contributed by atoms with E-state index in [1.54, 1.807) is 6.20 Å². The molecule has 5 nitrogen and oxygen atoms in total. The summed E-state index contributed by atoms with van der Waals surface area (Å²) in [5, 5.41) is 6.81. The number of carbonyl (C=O) groups is 1. The fourth-order valence-electron chi connectivity index (χ4n) is 3.04. The molecule has 6 heteroatoms.